The molecule has 0 atom stereocenters. The van der Waals surface area contributed by atoms with Gasteiger partial charge in [0.05, 0.1) is 7.11 Å². The summed E-state index contributed by atoms with van der Waals surface area (Å²) >= 11 is 0. The molecular weight excluding hydrogens is 268 g/mol. The van der Waals surface area contributed by atoms with Crippen LogP contribution in [0, 0.1) is 0 Å². The average molecular weight is 286 g/mol. The van der Waals surface area contributed by atoms with Gasteiger partial charge < -0.3 is 4.74 Å². The van der Waals surface area contributed by atoms with Gasteiger partial charge in [0.25, 0.3) is 0 Å². The second-order valence-corrected chi connectivity index (χ2v) is 5.09. The van der Waals surface area contributed by atoms with Gasteiger partial charge in [-0.2, -0.15) is 0 Å². The van der Waals surface area contributed by atoms with Crippen LogP contribution < -0.4 is 4.74 Å². The van der Waals surface area contributed by atoms with E-state index in [-0.39, 0.29) is 0 Å². The molecule has 0 spiro atoms. The largest absolute Gasteiger partial charge is 0.497 e. The minimum atomic E-state index is 0.879. The van der Waals surface area contributed by atoms with Crippen molar-refractivity contribution in [1.82, 2.24) is 0 Å². The quantitative estimate of drug-likeness (QED) is 0.573. The van der Waals surface area contributed by atoms with Crippen molar-refractivity contribution >= 4 is 12.2 Å². The third kappa shape index (κ3) is 3.44. The topological polar surface area (TPSA) is 9.23 Å². The molecule has 0 aliphatic heterocycles. The van der Waals surface area contributed by atoms with E-state index in [0.717, 1.165) is 11.3 Å². The van der Waals surface area contributed by atoms with E-state index in [4.69, 9.17) is 4.74 Å². The maximum atomic E-state index is 5.16. The number of hydrogen-bond donors (Lipinski definition) is 0. The molecule has 3 rings (SSSR count). The van der Waals surface area contributed by atoms with Gasteiger partial charge in [-0.1, -0.05) is 78.9 Å². The van der Waals surface area contributed by atoms with E-state index >= 15 is 0 Å². The highest BCUT2D eigenvalue weighted by molar-refractivity contribution is 5.72. The Morgan fingerprint density at radius 1 is 0.591 bits per heavy atom. The monoisotopic (exact) mass is 286 g/mol. The highest BCUT2D eigenvalue weighted by atomic mass is 16.5. The summed E-state index contributed by atoms with van der Waals surface area (Å²) in [6, 6.07) is 27.0. The Balaban J connectivity index is 1.74. The Morgan fingerprint density at radius 2 is 1.09 bits per heavy atom. The number of methoxy groups -OCH3 is 1. The second kappa shape index (κ2) is 6.77. The summed E-state index contributed by atoms with van der Waals surface area (Å²) < 4.78 is 5.16. The first-order chi connectivity index (χ1) is 10.8. The van der Waals surface area contributed by atoms with Crippen LogP contribution in [0.3, 0.4) is 0 Å². The minimum Gasteiger partial charge on any atom is -0.497 e. The molecule has 0 heterocycles. The molecule has 0 saturated heterocycles. The van der Waals surface area contributed by atoms with Gasteiger partial charge >= 0.3 is 0 Å². The van der Waals surface area contributed by atoms with Crippen molar-refractivity contribution in [2.24, 2.45) is 0 Å². The Labute approximate surface area is 131 Å². The SMILES string of the molecule is COc1ccc(/C=C\c2ccc(-c3ccccc3)cc2)cc1. The minimum absolute atomic E-state index is 0.879. The van der Waals surface area contributed by atoms with Crippen LogP contribution in [0.5, 0.6) is 5.75 Å². The Morgan fingerprint density at radius 3 is 1.64 bits per heavy atom. The zero-order valence-electron chi connectivity index (χ0n) is 12.6. The van der Waals surface area contributed by atoms with Gasteiger partial charge in [0.2, 0.25) is 0 Å². The van der Waals surface area contributed by atoms with Crippen molar-refractivity contribution < 1.29 is 4.74 Å². The van der Waals surface area contributed by atoms with Crippen LogP contribution >= 0.6 is 0 Å². The number of rotatable bonds is 4. The molecule has 3 aromatic carbocycles. The van der Waals surface area contributed by atoms with Crippen LogP contribution in [-0.4, -0.2) is 7.11 Å². The average Bonchev–Trinajstić information content (AvgIpc) is 2.61. The van der Waals surface area contributed by atoms with Crippen LogP contribution in [0.2, 0.25) is 0 Å². The third-order valence-electron chi connectivity index (χ3n) is 3.60. The predicted molar refractivity (Wildman–Crippen MR) is 93.8 cm³/mol. The van der Waals surface area contributed by atoms with Crippen molar-refractivity contribution in [1.29, 1.82) is 0 Å². The van der Waals surface area contributed by atoms with Crippen molar-refractivity contribution in [2.75, 3.05) is 7.11 Å². The van der Waals surface area contributed by atoms with E-state index in [1.54, 1.807) is 7.11 Å². The van der Waals surface area contributed by atoms with Gasteiger partial charge in [-0.05, 0) is 34.4 Å². The van der Waals surface area contributed by atoms with E-state index in [9.17, 15) is 0 Å². The summed E-state index contributed by atoms with van der Waals surface area (Å²) in [7, 11) is 1.68. The molecule has 1 nitrogen and oxygen atoms in total. The second-order valence-electron chi connectivity index (χ2n) is 5.09. The molecule has 0 aliphatic rings. The lowest BCUT2D eigenvalue weighted by Crippen LogP contribution is -1.81. The standard InChI is InChI=1S/C21H18O/c1-22-21-15-11-18(12-16-21)8-7-17-9-13-20(14-10-17)19-5-3-2-4-6-19/h2-16H,1H3/b8-7-. The molecule has 1 heteroatoms. The molecular formula is C21H18O. The summed E-state index contributed by atoms with van der Waals surface area (Å²) in [5, 5.41) is 0. The highest BCUT2D eigenvalue weighted by Gasteiger charge is 1.96. The van der Waals surface area contributed by atoms with Gasteiger partial charge in [0, 0.05) is 0 Å². The van der Waals surface area contributed by atoms with Crippen LogP contribution in [0.1, 0.15) is 11.1 Å². The van der Waals surface area contributed by atoms with Crippen molar-refractivity contribution in [3.8, 4) is 16.9 Å². The smallest absolute Gasteiger partial charge is 0.118 e. The Bertz CT molecular complexity index is 738. The summed E-state index contributed by atoms with van der Waals surface area (Å²) in [5.41, 5.74) is 4.83. The van der Waals surface area contributed by atoms with Gasteiger partial charge in [0.15, 0.2) is 0 Å². The first kappa shape index (κ1) is 14.2. The molecule has 0 saturated carbocycles. The maximum Gasteiger partial charge on any atom is 0.118 e. The molecule has 0 bridgehead atoms. The fourth-order valence-corrected chi connectivity index (χ4v) is 2.32. The Hall–Kier alpha value is -2.80. The number of ether oxygens (including phenoxy) is 1. The third-order valence-corrected chi connectivity index (χ3v) is 3.60. The van der Waals surface area contributed by atoms with Crippen molar-refractivity contribution in [3.05, 3.63) is 90.0 Å². The molecule has 0 N–H and O–H groups in total. The number of hydrogen-bond acceptors (Lipinski definition) is 1. The van der Waals surface area contributed by atoms with Crippen LogP contribution in [0.25, 0.3) is 23.3 Å². The highest BCUT2D eigenvalue weighted by Crippen LogP contribution is 2.20. The normalized spacial score (nSPS) is 10.8. The molecule has 0 fully saturated rings. The van der Waals surface area contributed by atoms with E-state index < -0.39 is 0 Å². The van der Waals surface area contributed by atoms with Gasteiger partial charge in [-0.3, -0.25) is 0 Å². The fraction of sp³-hybridized carbons (Fsp3) is 0.0476. The zero-order chi connectivity index (χ0) is 15.2. The lowest BCUT2D eigenvalue weighted by molar-refractivity contribution is 0.415. The first-order valence-electron chi connectivity index (χ1n) is 7.33. The van der Waals surface area contributed by atoms with E-state index in [0.29, 0.717) is 0 Å². The lowest BCUT2D eigenvalue weighted by Gasteiger charge is -2.02. The van der Waals surface area contributed by atoms with Crippen molar-refractivity contribution in [2.45, 2.75) is 0 Å². The fourth-order valence-electron chi connectivity index (χ4n) is 2.32. The predicted octanol–water partition coefficient (Wildman–Crippen LogP) is 5.53. The van der Waals surface area contributed by atoms with Gasteiger partial charge in [0.1, 0.15) is 5.75 Å². The summed E-state index contributed by atoms with van der Waals surface area (Å²) in [5.74, 6) is 0.879. The summed E-state index contributed by atoms with van der Waals surface area (Å²) in [6.07, 6.45) is 4.23. The van der Waals surface area contributed by atoms with Gasteiger partial charge in [-0.25, -0.2) is 0 Å². The van der Waals surface area contributed by atoms with Crippen molar-refractivity contribution in [3.63, 3.8) is 0 Å². The molecule has 0 aromatic heterocycles. The zero-order valence-corrected chi connectivity index (χ0v) is 12.6. The lowest BCUT2D eigenvalue weighted by atomic mass is 10.0. The van der Waals surface area contributed by atoms with Gasteiger partial charge in [-0.15, -0.1) is 0 Å². The maximum absolute atomic E-state index is 5.16. The van der Waals surface area contributed by atoms with Crippen LogP contribution in [0.4, 0.5) is 0 Å². The van der Waals surface area contributed by atoms with Crippen LogP contribution in [-0.2, 0) is 0 Å². The molecule has 0 radical (unpaired) electrons. The first-order valence-corrected chi connectivity index (χ1v) is 7.33. The molecule has 0 aliphatic carbocycles. The summed E-state index contributed by atoms with van der Waals surface area (Å²) in [4.78, 5) is 0. The number of benzene rings is 3. The summed E-state index contributed by atoms with van der Waals surface area (Å²) in [6.45, 7) is 0. The van der Waals surface area contributed by atoms with Crippen LogP contribution in [0.15, 0.2) is 78.9 Å². The molecule has 108 valence electrons. The van der Waals surface area contributed by atoms with E-state index in [1.807, 2.05) is 30.3 Å². The Kier molecular flexibility index (Phi) is 4.35. The molecule has 0 unspecified atom stereocenters. The molecule has 22 heavy (non-hydrogen) atoms. The molecule has 0 amide bonds. The molecule has 3 aromatic rings. The van der Waals surface area contributed by atoms with E-state index in [1.165, 1.54) is 16.7 Å². The van der Waals surface area contributed by atoms with E-state index in [2.05, 4.69) is 60.7 Å².